The van der Waals surface area contributed by atoms with Crippen LogP contribution in [0, 0.1) is 41.4 Å². The normalized spacial score (nSPS) is 44.1. The highest BCUT2D eigenvalue weighted by atomic mass is 19.4. The molecule has 2 atom stereocenters. The summed E-state index contributed by atoms with van der Waals surface area (Å²) in [6, 6.07) is 0. The van der Waals surface area contributed by atoms with Gasteiger partial charge in [-0.05, 0) is 55.8 Å². The van der Waals surface area contributed by atoms with Crippen molar-refractivity contribution in [1.29, 1.82) is 0 Å². The minimum atomic E-state index is -4.58. The molecule has 0 aromatic carbocycles. The highest BCUT2D eigenvalue weighted by Gasteiger charge is 2.56. The van der Waals surface area contributed by atoms with Gasteiger partial charge in [-0.1, -0.05) is 0 Å². The van der Waals surface area contributed by atoms with Gasteiger partial charge in [0.25, 0.3) is 0 Å². The summed E-state index contributed by atoms with van der Waals surface area (Å²) in [6.07, 6.45) is 0.728. The van der Waals surface area contributed by atoms with E-state index < -0.39 is 30.5 Å². The van der Waals surface area contributed by atoms with Crippen LogP contribution in [-0.2, 0) is 9.59 Å². The molecule has 4 bridgehead atoms. The molecule has 5 fully saturated rings. The van der Waals surface area contributed by atoms with Gasteiger partial charge in [-0.15, -0.1) is 0 Å². The molecular weight excluding hydrogens is 323 g/mol. The van der Waals surface area contributed by atoms with Crippen LogP contribution in [0.3, 0.4) is 0 Å². The van der Waals surface area contributed by atoms with E-state index in [0.29, 0.717) is 23.7 Å². The van der Waals surface area contributed by atoms with Crippen LogP contribution in [-0.4, -0.2) is 41.1 Å². The predicted molar refractivity (Wildman–Crippen MR) is 77.8 cm³/mol. The summed E-state index contributed by atoms with van der Waals surface area (Å²) in [5, 5.41) is 9.12. The number of rotatable bonds is 2. The lowest BCUT2D eigenvalue weighted by molar-refractivity contribution is -0.188. The number of aliphatic carboxylic acids is 1. The van der Waals surface area contributed by atoms with Crippen molar-refractivity contribution in [2.24, 2.45) is 41.4 Å². The molecular formula is C17H22F3NO3. The van der Waals surface area contributed by atoms with E-state index in [1.54, 1.807) is 0 Å². The highest BCUT2D eigenvalue weighted by molar-refractivity contribution is 5.82. The molecule has 5 rings (SSSR count). The monoisotopic (exact) mass is 345 g/mol. The number of halogens is 3. The number of carboxylic acids is 1. The fraction of sp³-hybridized carbons (Fsp3) is 0.882. The van der Waals surface area contributed by atoms with Crippen molar-refractivity contribution in [1.82, 2.24) is 4.90 Å². The minimum absolute atomic E-state index is 0.181. The third kappa shape index (κ3) is 2.51. The zero-order chi connectivity index (χ0) is 17.2. The number of likely N-dealkylation sites (tertiary alicyclic amines) is 1. The zero-order valence-corrected chi connectivity index (χ0v) is 13.3. The second-order valence-corrected chi connectivity index (χ2v) is 8.29. The summed E-state index contributed by atoms with van der Waals surface area (Å²) >= 11 is 0. The lowest BCUT2D eigenvalue weighted by Gasteiger charge is -2.54. The Morgan fingerprint density at radius 1 is 0.917 bits per heavy atom. The SMILES string of the molecule is O=C(O)[C@@H]1CN(C(=O)C2C3CC4CC(C3)CC2C4)C[C@H]1C(F)(F)F. The molecule has 24 heavy (non-hydrogen) atoms. The average Bonchev–Trinajstić information content (AvgIpc) is 2.91. The minimum Gasteiger partial charge on any atom is -0.481 e. The average molecular weight is 345 g/mol. The Morgan fingerprint density at radius 2 is 1.46 bits per heavy atom. The zero-order valence-electron chi connectivity index (χ0n) is 13.3. The molecule has 1 amide bonds. The van der Waals surface area contributed by atoms with E-state index >= 15 is 0 Å². The van der Waals surface area contributed by atoms with Gasteiger partial charge in [0.1, 0.15) is 0 Å². The van der Waals surface area contributed by atoms with Crippen LogP contribution in [0.4, 0.5) is 13.2 Å². The van der Waals surface area contributed by atoms with E-state index in [4.69, 9.17) is 5.11 Å². The van der Waals surface area contributed by atoms with Crippen molar-refractivity contribution in [2.45, 2.75) is 38.3 Å². The van der Waals surface area contributed by atoms with Crippen LogP contribution in [0.1, 0.15) is 32.1 Å². The lowest BCUT2D eigenvalue weighted by atomic mass is 9.51. The molecule has 0 aromatic heterocycles. The van der Waals surface area contributed by atoms with Crippen molar-refractivity contribution in [3.05, 3.63) is 0 Å². The molecule has 0 aromatic rings. The van der Waals surface area contributed by atoms with Gasteiger partial charge in [0.2, 0.25) is 5.91 Å². The molecule has 0 unspecified atom stereocenters. The van der Waals surface area contributed by atoms with Crippen molar-refractivity contribution in [2.75, 3.05) is 13.1 Å². The number of hydrogen-bond donors (Lipinski definition) is 1. The van der Waals surface area contributed by atoms with Crippen LogP contribution in [0.2, 0.25) is 0 Å². The van der Waals surface area contributed by atoms with E-state index in [0.717, 1.165) is 25.7 Å². The maximum Gasteiger partial charge on any atom is 0.394 e. The molecule has 1 N–H and O–H groups in total. The van der Waals surface area contributed by atoms with E-state index in [-0.39, 0.29) is 18.4 Å². The molecule has 4 aliphatic carbocycles. The maximum absolute atomic E-state index is 13.1. The molecule has 1 heterocycles. The molecule has 0 radical (unpaired) electrons. The number of carboxylic acid groups (broad SMARTS) is 1. The Labute approximate surface area is 138 Å². The molecule has 4 saturated carbocycles. The number of carbonyl (C=O) groups is 2. The van der Waals surface area contributed by atoms with Crippen molar-refractivity contribution in [3.63, 3.8) is 0 Å². The Kier molecular flexibility index (Phi) is 3.62. The molecule has 4 nitrogen and oxygen atoms in total. The van der Waals surface area contributed by atoms with E-state index in [9.17, 15) is 22.8 Å². The third-order valence-corrected chi connectivity index (χ3v) is 6.88. The second kappa shape index (κ2) is 5.36. The third-order valence-electron chi connectivity index (χ3n) is 6.88. The van der Waals surface area contributed by atoms with Gasteiger partial charge >= 0.3 is 12.1 Å². The summed E-state index contributed by atoms with van der Waals surface area (Å²) in [7, 11) is 0. The first-order chi connectivity index (χ1) is 11.2. The standard InChI is InChI=1S/C17H22F3NO3/c18-17(19,20)13-7-21(6-12(13)16(23)24)15(22)14-10-2-8-1-9(4-10)5-11(14)3-8/h8-14H,1-7H2,(H,23,24)/t8?,9?,10?,11?,12-,13-,14?/m1/s1. The Bertz CT molecular complexity index is 534. The van der Waals surface area contributed by atoms with Crippen LogP contribution in [0.5, 0.6) is 0 Å². The fourth-order valence-electron chi connectivity index (χ4n) is 6.10. The fourth-order valence-corrected chi connectivity index (χ4v) is 6.10. The highest BCUT2D eigenvalue weighted by Crippen LogP contribution is 2.57. The molecule has 1 aliphatic heterocycles. The summed E-state index contributed by atoms with van der Waals surface area (Å²) in [5.74, 6) is -3.39. The maximum atomic E-state index is 13.1. The van der Waals surface area contributed by atoms with Gasteiger partial charge in [-0.2, -0.15) is 13.2 Å². The van der Waals surface area contributed by atoms with Gasteiger partial charge in [0.15, 0.2) is 0 Å². The van der Waals surface area contributed by atoms with Crippen molar-refractivity contribution < 1.29 is 27.9 Å². The first kappa shape index (κ1) is 16.2. The summed E-state index contributed by atoms with van der Waals surface area (Å²) in [6.45, 7) is -0.802. The summed E-state index contributed by atoms with van der Waals surface area (Å²) < 4.78 is 39.4. The van der Waals surface area contributed by atoms with Gasteiger partial charge in [-0.25, -0.2) is 0 Å². The number of carbonyl (C=O) groups excluding carboxylic acids is 1. The summed E-state index contributed by atoms with van der Waals surface area (Å²) in [5.41, 5.74) is 0. The van der Waals surface area contributed by atoms with Crippen molar-refractivity contribution in [3.8, 4) is 0 Å². The Morgan fingerprint density at radius 3 is 1.88 bits per heavy atom. The molecule has 5 aliphatic rings. The second-order valence-electron chi connectivity index (χ2n) is 8.29. The van der Waals surface area contributed by atoms with E-state index in [1.807, 2.05) is 0 Å². The molecule has 7 heteroatoms. The Hall–Kier alpha value is -1.27. The van der Waals surface area contributed by atoms with Crippen molar-refractivity contribution >= 4 is 11.9 Å². The number of alkyl halides is 3. The first-order valence-electron chi connectivity index (χ1n) is 8.82. The van der Waals surface area contributed by atoms with Crippen LogP contribution < -0.4 is 0 Å². The topological polar surface area (TPSA) is 57.6 Å². The molecule has 1 saturated heterocycles. The van der Waals surface area contributed by atoms with Crippen LogP contribution >= 0.6 is 0 Å². The summed E-state index contributed by atoms with van der Waals surface area (Å²) in [4.78, 5) is 25.4. The molecule has 134 valence electrons. The quantitative estimate of drug-likeness (QED) is 0.837. The van der Waals surface area contributed by atoms with Gasteiger partial charge in [-0.3, -0.25) is 9.59 Å². The largest absolute Gasteiger partial charge is 0.481 e. The number of nitrogens with zero attached hydrogens (tertiary/aromatic N) is 1. The lowest BCUT2D eigenvalue weighted by Crippen LogP contribution is -2.51. The number of amides is 1. The Balaban J connectivity index is 1.52. The van der Waals surface area contributed by atoms with E-state index in [2.05, 4.69) is 0 Å². The van der Waals surface area contributed by atoms with E-state index in [1.165, 1.54) is 11.3 Å². The van der Waals surface area contributed by atoms with Gasteiger partial charge in [0, 0.05) is 19.0 Å². The number of hydrogen-bond acceptors (Lipinski definition) is 2. The molecule has 0 spiro atoms. The smallest absolute Gasteiger partial charge is 0.394 e. The first-order valence-corrected chi connectivity index (χ1v) is 8.82. The van der Waals surface area contributed by atoms with Gasteiger partial charge in [0.05, 0.1) is 11.8 Å². The predicted octanol–water partition coefficient (Wildman–Crippen LogP) is 2.78. The van der Waals surface area contributed by atoms with Crippen LogP contribution in [0.25, 0.3) is 0 Å². The van der Waals surface area contributed by atoms with Crippen LogP contribution in [0.15, 0.2) is 0 Å². The van der Waals surface area contributed by atoms with Gasteiger partial charge < -0.3 is 10.0 Å².